The van der Waals surface area contributed by atoms with E-state index in [1.807, 2.05) is 0 Å². The number of alkyl halides is 3. The van der Waals surface area contributed by atoms with Crippen molar-refractivity contribution in [2.24, 2.45) is 5.92 Å². The van der Waals surface area contributed by atoms with Crippen LogP contribution in [0.1, 0.15) is 35.9 Å². The molecule has 1 aromatic rings. The number of halogens is 3. The molecule has 1 aliphatic carbocycles. The second kappa shape index (κ2) is 4.99. The number of aryl methyl sites for hydroxylation is 1. The Bertz CT molecular complexity index is 507. The summed E-state index contributed by atoms with van der Waals surface area (Å²) in [5.74, 6) is -0.647. The van der Waals surface area contributed by atoms with E-state index in [0.29, 0.717) is 5.69 Å². The molecule has 20 heavy (non-hydrogen) atoms. The van der Waals surface area contributed by atoms with Gasteiger partial charge < -0.3 is 10.6 Å². The van der Waals surface area contributed by atoms with Crippen molar-refractivity contribution in [3.8, 4) is 0 Å². The highest BCUT2D eigenvalue weighted by Crippen LogP contribution is 2.37. The standard InChI is InChI=1S/C12H17F3N4O/c1-6-9(16)10(18-17-6)11(20)19(5-12(13,14)15)7(2)8-3-4-8/h7-8H,3-5,16H2,1-2H3,(H,17,18). The third-order valence-corrected chi connectivity index (χ3v) is 3.60. The lowest BCUT2D eigenvalue weighted by molar-refractivity contribution is -0.144. The molecule has 5 nitrogen and oxygen atoms in total. The van der Waals surface area contributed by atoms with Gasteiger partial charge in [0.2, 0.25) is 0 Å². The number of nitrogen functional groups attached to an aromatic ring is 1. The first kappa shape index (κ1) is 14.7. The van der Waals surface area contributed by atoms with Gasteiger partial charge in [-0.2, -0.15) is 18.3 Å². The SMILES string of the molecule is Cc1[nH]nc(C(=O)N(CC(F)(F)F)C(C)C2CC2)c1N. The molecule has 0 saturated heterocycles. The molecule has 8 heteroatoms. The first-order valence-corrected chi connectivity index (χ1v) is 6.39. The van der Waals surface area contributed by atoms with Crippen LogP contribution in [0.5, 0.6) is 0 Å². The summed E-state index contributed by atoms with van der Waals surface area (Å²) in [7, 11) is 0. The lowest BCUT2D eigenvalue weighted by Crippen LogP contribution is -2.45. The Labute approximate surface area is 114 Å². The molecule has 1 aromatic heterocycles. The first-order valence-electron chi connectivity index (χ1n) is 6.39. The van der Waals surface area contributed by atoms with Crippen LogP contribution in [0, 0.1) is 12.8 Å². The van der Waals surface area contributed by atoms with Gasteiger partial charge in [-0.25, -0.2) is 0 Å². The minimum absolute atomic E-state index is 0.102. The van der Waals surface area contributed by atoms with Crippen LogP contribution in [-0.2, 0) is 0 Å². The molecule has 3 N–H and O–H groups in total. The van der Waals surface area contributed by atoms with Gasteiger partial charge in [-0.3, -0.25) is 9.89 Å². The number of hydrogen-bond donors (Lipinski definition) is 2. The number of carbonyl (C=O) groups is 1. The summed E-state index contributed by atoms with van der Waals surface area (Å²) >= 11 is 0. The van der Waals surface area contributed by atoms with E-state index < -0.39 is 24.7 Å². The number of H-pyrrole nitrogens is 1. The number of hydrogen-bond acceptors (Lipinski definition) is 3. The summed E-state index contributed by atoms with van der Waals surface area (Å²) < 4.78 is 38.0. The maximum absolute atomic E-state index is 12.7. The van der Waals surface area contributed by atoms with Crippen molar-refractivity contribution in [3.05, 3.63) is 11.4 Å². The van der Waals surface area contributed by atoms with Crippen LogP contribution in [0.2, 0.25) is 0 Å². The van der Waals surface area contributed by atoms with Crippen molar-refractivity contribution in [1.29, 1.82) is 0 Å². The van der Waals surface area contributed by atoms with Gasteiger partial charge in [0, 0.05) is 6.04 Å². The fourth-order valence-corrected chi connectivity index (χ4v) is 2.16. The topological polar surface area (TPSA) is 75.0 Å². The molecule has 0 aromatic carbocycles. The van der Waals surface area contributed by atoms with E-state index in [1.54, 1.807) is 13.8 Å². The Morgan fingerprint density at radius 3 is 2.55 bits per heavy atom. The second-order valence-electron chi connectivity index (χ2n) is 5.24. The maximum Gasteiger partial charge on any atom is 0.406 e. The van der Waals surface area contributed by atoms with Crippen LogP contribution in [0.3, 0.4) is 0 Å². The van der Waals surface area contributed by atoms with Crippen molar-refractivity contribution in [3.63, 3.8) is 0 Å². The Kier molecular flexibility index (Phi) is 3.66. The monoisotopic (exact) mass is 290 g/mol. The fourth-order valence-electron chi connectivity index (χ4n) is 2.16. The van der Waals surface area contributed by atoms with Gasteiger partial charge in [-0.15, -0.1) is 0 Å². The Morgan fingerprint density at radius 1 is 1.55 bits per heavy atom. The van der Waals surface area contributed by atoms with Crippen molar-refractivity contribution in [2.75, 3.05) is 12.3 Å². The summed E-state index contributed by atoms with van der Waals surface area (Å²) in [6.45, 7) is 1.96. The van der Waals surface area contributed by atoms with Gasteiger partial charge >= 0.3 is 6.18 Å². The molecule has 2 rings (SSSR count). The lowest BCUT2D eigenvalue weighted by Gasteiger charge is -2.29. The fraction of sp³-hybridized carbons (Fsp3) is 0.667. The molecule has 1 aliphatic rings. The van der Waals surface area contributed by atoms with Gasteiger partial charge in [-0.1, -0.05) is 0 Å². The minimum atomic E-state index is -4.45. The molecule has 1 atom stereocenters. The summed E-state index contributed by atoms with van der Waals surface area (Å²) in [5.41, 5.74) is 6.11. The van der Waals surface area contributed by atoms with E-state index in [0.717, 1.165) is 17.7 Å². The van der Waals surface area contributed by atoms with E-state index in [1.165, 1.54) is 0 Å². The molecule has 0 spiro atoms. The van der Waals surface area contributed by atoms with Crippen molar-refractivity contribution in [2.45, 2.75) is 38.9 Å². The van der Waals surface area contributed by atoms with Gasteiger partial charge in [0.15, 0.2) is 5.69 Å². The maximum atomic E-state index is 12.7. The van der Waals surface area contributed by atoms with Crippen molar-refractivity contribution in [1.82, 2.24) is 15.1 Å². The van der Waals surface area contributed by atoms with Crippen molar-refractivity contribution >= 4 is 11.6 Å². The number of nitrogens with zero attached hydrogens (tertiary/aromatic N) is 2. The summed E-state index contributed by atoms with van der Waals surface area (Å²) in [6, 6.07) is -0.472. The third kappa shape index (κ3) is 3.05. The number of carbonyl (C=O) groups excluding carboxylic acids is 1. The van der Waals surface area contributed by atoms with Gasteiger partial charge in [0.25, 0.3) is 5.91 Å². The number of nitrogens with two attached hydrogens (primary N) is 1. The predicted octanol–water partition coefficient (Wildman–Crippen LogP) is 2.10. The first-order chi connectivity index (χ1) is 9.20. The van der Waals surface area contributed by atoms with Crippen LogP contribution >= 0.6 is 0 Å². The van der Waals surface area contributed by atoms with Gasteiger partial charge in [0.1, 0.15) is 6.54 Å². The zero-order valence-corrected chi connectivity index (χ0v) is 11.3. The highest BCUT2D eigenvalue weighted by molar-refractivity contribution is 5.97. The average molecular weight is 290 g/mol. The van der Waals surface area contributed by atoms with Crippen LogP contribution in [0.25, 0.3) is 0 Å². The molecule has 0 bridgehead atoms. The zero-order chi connectivity index (χ0) is 15.1. The quantitative estimate of drug-likeness (QED) is 0.891. The van der Waals surface area contributed by atoms with Gasteiger partial charge in [-0.05, 0) is 32.6 Å². The molecule has 1 amide bonds. The molecular formula is C12H17F3N4O. The predicted molar refractivity (Wildman–Crippen MR) is 67.0 cm³/mol. The van der Waals surface area contributed by atoms with Crippen LogP contribution < -0.4 is 5.73 Å². The Morgan fingerprint density at radius 2 is 2.15 bits per heavy atom. The minimum Gasteiger partial charge on any atom is -0.395 e. The molecule has 1 heterocycles. The van der Waals surface area contributed by atoms with E-state index in [2.05, 4.69) is 10.2 Å². The summed E-state index contributed by atoms with van der Waals surface area (Å²) in [4.78, 5) is 13.1. The van der Waals surface area contributed by atoms with E-state index in [-0.39, 0.29) is 17.3 Å². The lowest BCUT2D eigenvalue weighted by atomic mass is 10.1. The summed E-state index contributed by atoms with van der Waals surface area (Å²) in [5, 5.41) is 6.24. The largest absolute Gasteiger partial charge is 0.406 e. The number of aromatic nitrogens is 2. The van der Waals surface area contributed by atoms with E-state index in [9.17, 15) is 18.0 Å². The number of anilines is 1. The van der Waals surface area contributed by atoms with Crippen LogP contribution in [0.4, 0.5) is 18.9 Å². The summed E-state index contributed by atoms with van der Waals surface area (Å²) in [6.07, 6.45) is -2.76. The third-order valence-electron chi connectivity index (χ3n) is 3.60. The van der Waals surface area contributed by atoms with Crippen LogP contribution in [0.15, 0.2) is 0 Å². The Balaban J connectivity index is 2.25. The number of nitrogens with one attached hydrogen (secondary N) is 1. The number of rotatable bonds is 4. The van der Waals surface area contributed by atoms with Crippen LogP contribution in [-0.4, -0.2) is 39.8 Å². The van der Waals surface area contributed by atoms with E-state index in [4.69, 9.17) is 5.73 Å². The zero-order valence-electron chi connectivity index (χ0n) is 11.3. The highest BCUT2D eigenvalue weighted by Gasteiger charge is 2.41. The van der Waals surface area contributed by atoms with E-state index >= 15 is 0 Å². The Hall–Kier alpha value is -1.73. The normalized spacial score (nSPS) is 17.1. The molecule has 1 saturated carbocycles. The molecule has 1 unspecified atom stereocenters. The molecule has 1 fully saturated rings. The smallest absolute Gasteiger partial charge is 0.395 e. The average Bonchev–Trinajstić information content (AvgIpc) is 3.13. The molecule has 0 aliphatic heterocycles. The molecular weight excluding hydrogens is 273 g/mol. The number of amides is 1. The van der Waals surface area contributed by atoms with Gasteiger partial charge in [0.05, 0.1) is 11.4 Å². The molecule has 112 valence electrons. The second-order valence-corrected chi connectivity index (χ2v) is 5.24. The molecule has 0 radical (unpaired) electrons. The number of aromatic amines is 1. The van der Waals surface area contributed by atoms with Crippen molar-refractivity contribution < 1.29 is 18.0 Å². The highest BCUT2D eigenvalue weighted by atomic mass is 19.4.